The van der Waals surface area contributed by atoms with Crippen LogP contribution in [0, 0.1) is 11.8 Å². The lowest BCUT2D eigenvalue weighted by Gasteiger charge is -2.25. The van der Waals surface area contributed by atoms with Gasteiger partial charge in [0.15, 0.2) is 0 Å². The van der Waals surface area contributed by atoms with Gasteiger partial charge in [0.25, 0.3) is 0 Å². The van der Waals surface area contributed by atoms with Crippen LogP contribution in [-0.2, 0) is 14.3 Å². The van der Waals surface area contributed by atoms with Gasteiger partial charge in [-0.25, -0.2) is 4.90 Å². The lowest BCUT2D eigenvalue weighted by Crippen LogP contribution is -2.39. The van der Waals surface area contributed by atoms with Gasteiger partial charge < -0.3 is 4.74 Å². The van der Waals surface area contributed by atoms with Gasteiger partial charge in [-0.3, -0.25) is 9.59 Å². The molecule has 4 nitrogen and oxygen atoms in total. The highest BCUT2D eigenvalue weighted by atomic mass is 35.5. The molecule has 0 N–H and O–H groups in total. The molecule has 2 fully saturated rings. The molecule has 2 amide bonds. The van der Waals surface area contributed by atoms with E-state index < -0.39 is 23.0 Å². The van der Waals surface area contributed by atoms with Crippen LogP contribution in [0.5, 0.6) is 0 Å². The molecule has 0 radical (unpaired) electrons. The number of halogens is 1. The molecule has 1 aromatic rings. The topological polar surface area (TPSA) is 46.6 Å². The standard InChI is InChI=1S/C16H14ClNO3/c1-15-6-7-16(2,21-15)12-11(15)13(19)18(14(12)20)10-5-3-4-9(17)8-10/h3-8,11-12H,1-2H3/t11-,12+,15+,16-. The Labute approximate surface area is 127 Å². The first-order chi connectivity index (χ1) is 9.86. The molecular weight excluding hydrogens is 290 g/mol. The van der Waals surface area contributed by atoms with Crippen LogP contribution in [0.25, 0.3) is 0 Å². The monoisotopic (exact) mass is 303 g/mol. The number of anilines is 1. The Bertz CT molecular complexity index is 679. The molecule has 108 valence electrons. The van der Waals surface area contributed by atoms with Gasteiger partial charge in [-0.05, 0) is 32.0 Å². The highest BCUT2D eigenvalue weighted by Crippen LogP contribution is 2.57. The van der Waals surface area contributed by atoms with Crippen LogP contribution in [0.3, 0.4) is 0 Å². The van der Waals surface area contributed by atoms with Gasteiger partial charge >= 0.3 is 0 Å². The highest BCUT2D eigenvalue weighted by Gasteiger charge is 2.70. The van der Waals surface area contributed by atoms with Gasteiger partial charge in [-0.1, -0.05) is 29.8 Å². The largest absolute Gasteiger partial charge is 0.359 e. The summed E-state index contributed by atoms with van der Waals surface area (Å²) < 4.78 is 5.96. The summed E-state index contributed by atoms with van der Waals surface area (Å²) in [6.45, 7) is 3.73. The zero-order chi connectivity index (χ0) is 15.0. The quantitative estimate of drug-likeness (QED) is 0.592. The van der Waals surface area contributed by atoms with Gasteiger partial charge in [0.2, 0.25) is 11.8 Å². The van der Waals surface area contributed by atoms with Crippen LogP contribution >= 0.6 is 11.6 Å². The van der Waals surface area contributed by atoms with Crippen molar-refractivity contribution in [3.05, 3.63) is 41.4 Å². The van der Waals surface area contributed by atoms with Gasteiger partial charge in [0.1, 0.15) is 0 Å². The van der Waals surface area contributed by atoms with E-state index in [1.54, 1.807) is 24.3 Å². The van der Waals surface area contributed by atoms with Crippen molar-refractivity contribution in [1.29, 1.82) is 0 Å². The van der Waals surface area contributed by atoms with Crippen LogP contribution in [-0.4, -0.2) is 23.0 Å². The summed E-state index contributed by atoms with van der Waals surface area (Å²) in [5.41, 5.74) is -0.864. The third kappa shape index (κ3) is 1.49. The smallest absolute Gasteiger partial charge is 0.241 e. The molecule has 0 aliphatic carbocycles. The maximum absolute atomic E-state index is 12.8. The Morgan fingerprint density at radius 1 is 1.10 bits per heavy atom. The highest BCUT2D eigenvalue weighted by molar-refractivity contribution is 6.31. The number of carbonyl (C=O) groups excluding carboxylic acids is 2. The van der Waals surface area contributed by atoms with E-state index in [-0.39, 0.29) is 11.8 Å². The van der Waals surface area contributed by atoms with E-state index >= 15 is 0 Å². The van der Waals surface area contributed by atoms with Crippen molar-refractivity contribution in [3.8, 4) is 0 Å². The second kappa shape index (κ2) is 3.76. The minimum absolute atomic E-state index is 0.206. The molecule has 3 heterocycles. The number of amides is 2. The third-order valence-electron chi connectivity index (χ3n) is 4.79. The van der Waals surface area contributed by atoms with E-state index in [4.69, 9.17) is 16.3 Å². The first-order valence-electron chi connectivity index (χ1n) is 6.90. The maximum atomic E-state index is 12.8. The number of hydrogen-bond donors (Lipinski definition) is 0. The fourth-order valence-electron chi connectivity index (χ4n) is 3.90. The molecule has 4 rings (SSSR count). The third-order valence-corrected chi connectivity index (χ3v) is 5.03. The predicted octanol–water partition coefficient (Wildman–Crippen LogP) is 2.56. The Balaban J connectivity index is 1.82. The van der Waals surface area contributed by atoms with Gasteiger partial charge in [0, 0.05) is 5.02 Å². The summed E-state index contributed by atoms with van der Waals surface area (Å²) in [4.78, 5) is 26.8. The van der Waals surface area contributed by atoms with Gasteiger partial charge in [-0.15, -0.1) is 0 Å². The molecule has 21 heavy (non-hydrogen) atoms. The van der Waals surface area contributed by atoms with Crippen molar-refractivity contribution in [2.45, 2.75) is 25.0 Å². The molecule has 1 aromatic carbocycles. The molecule has 0 aromatic heterocycles. The number of imide groups is 1. The second-order valence-corrected chi connectivity index (χ2v) is 6.69. The number of nitrogens with zero attached hydrogens (tertiary/aromatic N) is 1. The van der Waals surface area contributed by atoms with Crippen LogP contribution in [0.4, 0.5) is 5.69 Å². The number of carbonyl (C=O) groups is 2. The van der Waals surface area contributed by atoms with Crippen LogP contribution in [0.15, 0.2) is 36.4 Å². The predicted molar refractivity (Wildman–Crippen MR) is 78.0 cm³/mol. The summed E-state index contributed by atoms with van der Waals surface area (Å²) >= 11 is 5.98. The summed E-state index contributed by atoms with van der Waals surface area (Å²) in [6, 6.07) is 6.82. The van der Waals surface area contributed by atoms with Crippen molar-refractivity contribution < 1.29 is 14.3 Å². The molecule has 4 atom stereocenters. The summed E-state index contributed by atoms with van der Waals surface area (Å²) in [6.07, 6.45) is 3.81. The van der Waals surface area contributed by atoms with Crippen molar-refractivity contribution in [3.63, 3.8) is 0 Å². The normalized spacial score (nSPS) is 40.2. The minimum atomic E-state index is -0.695. The lowest BCUT2D eigenvalue weighted by molar-refractivity contribution is -0.128. The first kappa shape index (κ1) is 13.0. The van der Waals surface area contributed by atoms with E-state index in [2.05, 4.69) is 0 Å². The van der Waals surface area contributed by atoms with E-state index in [0.29, 0.717) is 10.7 Å². The average Bonchev–Trinajstić information content (AvgIpc) is 2.95. The van der Waals surface area contributed by atoms with E-state index in [1.165, 1.54) is 4.90 Å². The Morgan fingerprint density at radius 2 is 1.67 bits per heavy atom. The van der Waals surface area contributed by atoms with E-state index in [9.17, 15) is 9.59 Å². The fourth-order valence-corrected chi connectivity index (χ4v) is 4.09. The number of ether oxygens (including phenoxy) is 1. The molecule has 2 bridgehead atoms. The molecular formula is C16H14ClNO3. The van der Waals surface area contributed by atoms with Crippen LogP contribution in [0.1, 0.15) is 13.8 Å². The van der Waals surface area contributed by atoms with Crippen molar-refractivity contribution in [1.82, 2.24) is 0 Å². The molecule has 0 saturated carbocycles. The van der Waals surface area contributed by atoms with Crippen molar-refractivity contribution >= 4 is 29.1 Å². The number of benzene rings is 1. The van der Waals surface area contributed by atoms with Crippen LogP contribution in [0.2, 0.25) is 5.02 Å². The molecule has 2 saturated heterocycles. The summed E-state index contributed by atoms with van der Waals surface area (Å²) in [5, 5.41) is 0.500. The maximum Gasteiger partial charge on any atom is 0.241 e. The minimum Gasteiger partial charge on any atom is -0.359 e. The fraction of sp³-hybridized carbons (Fsp3) is 0.375. The zero-order valence-electron chi connectivity index (χ0n) is 11.7. The molecule has 5 heteroatoms. The Kier molecular flexibility index (Phi) is 2.33. The average molecular weight is 304 g/mol. The molecule has 0 unspecified atom stereocenters. The Morgan fingerprint density at radius 3 is 2.19 bits per heavy atom. The summed E-state index contributed by atoms with van der Waals surface area (Å²) in [7, 11) is 0. The van der Waals surface area contributed by atoms with Gasteiger partial charge in [-0.2, -0.15) is 0 Å². The SMILES string of the molecule is C[C@]12C=C[C@](C)(O1)[C@H]1C(=O)N(c3cccc(Cl)c3)C(=O)[C@H]12. The second-order valence-electron chi connectivity index (χ2n) is 6.25. The summed E-state index contributed by atoms with van der Waals surface area (Å²) in [5.74, 6) is -1.33. The number of rotatable bonds is 1. The lowest BCUT2D eigenvalue weighted by atomic mass is 9.73. The van der Waals surface area contributed by atoms with Crippen molar-refractivity contribution in [2.24, 2.45) is 11.8 Å². The zero-order valence-corrected chi connectivity index (χ0v) is 12.4. The molecule has 3 aliphatic heterocycles. The van der Waals surface area contributed by atoms with Gasteiger partial charge in [0.05, 0.1) is 28.7 Å². The van der Waals surface area contributed by atoms with E-state index in [0.717, 1.165) is 0 Å². The Hall–Kier alpha value is -1.65. The molecule has 3 aliphatic rings. The van der Waals surface area contributed by atoms with Crippen molar-refractivity contribution in [2.75, 3.05) is 4.90 Å². The van der Waals surface area contributed by atoms with Crippen LogP contribution < -0.4 is 4.90 Å². The molecule has 0 spiro atoms. The number of hydrogen-bond acceptors (Lipinski definition) is 3. The van der Waals surface area contributed by atoms with E-state index in [1.807, 2.05) is 26.0 Å². The first-order valence-corrected chi connectivity index (χ1v) is 7.27. The number of fused-ring (bicyclic) bond motifs is 5.